The molecule has 0 saturated carbocycles. The maximum Gasteiger partial charge on any atom is 0.262 e. The summed E-state index contributed by atoms with van der Waals surface area (Å²) in [4.78, 5) is 21.7. The lowest BCUT2D eigenvalue weighted by Crippen LogP contribution is -2.35. The van der Waals surface area contributed by atoms with E-state index in [9.17, 15) is 18.7 Å². The highest BCUT2D eigenvalue weighted by molar-refractivity contribution is 8.09. The standard InChI is InChI=1S/C24H21F2N3O2S/c1-24(2,31)22-16(11-19(32-22)15-5-4-10-27-12-15)14-8-9-20(28-13-14)29-23(30)21-17(25)6-3-7-18(21)26/h3-13,16,22,31H,1-2H3,(H,28,29,30). The average Bonchev–Trinajstić information content (AvgIpc) is 3.21. The summed E-state index contributed by atoms with van der Waals surface area (Å²) >= 11 is 1.58. The SMILES string of the molecule is CC(C)(O)C1SC(c2cccnc2)=CC1c1ccc(NC(=O)c2c(F)cccc2F)nc1. The first-order valence-electron chi connectivity index (χ1n) is 9.96. The molecule has 1 aliphatic heterocycles. The summed E-state index contributed by atoms with van der Waals surface area (Å²) in [5.41, 5.74) is 0.193. The number of hydrogen-bond donors (Lipinski definition) is 2. The largest absolute Gasteiger partial charge is 0.389 e. The second kappa shape index (κ2) is 8.80. The fourth-order valence-electron chi connectivity index (χ4n) is 3.60. The first-order chi connectivity index (χ1) is 15.2. The van der Waals surface area contributed by atoms with Crippen molar-refractivity contribution < 1.29 is 18.7 Å². The van der Waals surface area contributed by atoms with Crippen LogP contribution >= 0.6 is 11.8 Å². The van der Waals surface area contributed by atoms with Crippen LogP contribution in [0.2, 0.25) is 0 Å². The fourth-order valence-corrected chi connectivity index (χ4v) is 5.02. The van der Waals surface area contributed by atoms with E-state index < -0.39 is 28.7 Å². The molecule has 2 atom stereocenters. The molecule has 5 nitrogen and oxygen atoms in total. The number of benzene rings is 1. The van der Waals surface area contributed by atoms with Crippen molar-refractivity contribution in [2.75, 3.05) is 5.32 Å². The Bertz CT molecular complexity index is 1140. The summed E-state index contributed by atoms with van der Waals surface area (Å²) < 4.78 is 27.7. The van der Waals surface area contributed by atoms with Crippen LogP contribution in [-0.2, 0) is 0 Å². The highest BCUT2D eigenvalue weighted by Gasteiger charge is 2.40. The minimum Gasteiger partial charge on any atom is -0.389 e. The molecule has 0 spiro atoms. The van der Waals surface area contributed by atoms with E-state index in [1.54, 1.807) is 56.3 Å². The van der Waals surface area contributed by atoms with E-state index in [2.05, 4.69) is 21.4 Å². The van der Waals surface area contributed by atoms with Gasteiger partial charge in [0, 0.05) is 40.2 Å². The number of thioether (sulfide) groups is 1. The zero-order chi connectivity index (χ0) is 22.9. The van der Waals surface area contributed by atoms with Crippen LogP contribution in [0.15, 0.2) is 67.1 Å². The molecule has 1 amide bonds. The van der Waals surface area contributed by atoms with Crippen molar-refractivity contribution in [2.24, 2.45) is 0 Å². The highest BCUT2D eigenvalue weighted by Crippen LogP contribution is 2.50. The number of carbonyl (C=O) groups is 1. The molecule has 1 aromatic carbocycles. The van der Waals surface area contributed by atoms with Gasteiger partial charge in [0.05, 0.1) is 5.60 Å². The monoisotopic (exact) mass is 453 g/mol. The van der Waals surface area contributed by atoms with Gasteiger partial charge in [-0.25, -0.2) is 13.8 Å². The average molecular weight is 454 g/mol. The summed E-state index contributed by atoms with van der Waals surface area (Å²) in [6, 6.07) is 10.4. The van der Waals surface area contributed by atoms with Crippen LogP contribution in [0.25, 0.3) is 4.91 Å². The van der Waals surface area contributed by atoms with Crippen molar-refractivity contribution in [1.82, 2.24) is 9.97 Å². The second-order valence-corrected chi connectivity index (χ2v) is 9.20. The molecule has 164 valence electrons. The Balaban J connectivity index is 1.58. The van der Waals surface area contributed by atoms with Gasteiger partial charge >= 0.3 is 0 Å². The topological polar surface area (TPSA) is 75.1 Å². The van der Waals surface area contributed by atoms with E-state index in [-0.39, 0.29) is 17.0 Å². The number of aliphatic hydroxyl groups is 1. The van der Waals surface area contributed by atoms with Crippen molar-refractivity contribution in [3.63, 3.8) is 0 Å². The molecule has 2 aromatic heterocycles. The fraction of sp³-hybridized carbons (Fsp3) is 0.208. The van der Waals surface area contributed by atoms with E-state index in [4.69, 9.17) is 0 Å². The van der Waals surface area contributed by atoms with Gasteiger partial charge in [-0.2, -0.15) is 0 Å². The summed E-state index contributed by atoms with van der Waals surface area (Å²) in [5.74, 6) is -2.75. The van der Waals surface area contributed by atoms with E-state index in [1.807, 2.05) is 12.1 Å². The van der Waals surface area contributed by atoms with E-state index in [0.29, 0.717) is 0 Å². The molecule has 3 aromatic rings. The Morgan fingerprint density at radius 1 is 1.09 bits per heavy atom. The number of nitrogens with one attached hydrogen (secondary N) is 1. The van der Waals surface area contributed by atoms with Crippen LogP contribution in [0.3, 0.4) is 0 Å². The van der Waals surface area contributed by atoms with Gasteiger partial charge in [0.2, 0.25) is 0 Å². The molecular weight excluding hydrogens is 432 g/mol. The van der Waals surface area contributed by atoms with Crippen molar-refractivity contribution in [3.8, 4) is 0 Å². The van der Waals surface area contributed by atoms with Crippen molar-refractivity contribution in [2.45, 2.75) is 30.6 Å². The minimum absolute atomic E-state index is 0.128. The first-order valence-corrected chi connectivity index (χ1v) is 10.8. The van der Waals surface area contributed by atoms with E-state index in [1.165, 1.54) is 6.07 Å². The summed E-state index contributed by atoms with van der Waals surface area (Å²) in [6.07, 6.45) is 7.16. The number of aromatic nitrogens is 2. The van der Waals surface area contributed by atoms with E-state index >= 15 is 0 Å². The normalized spacial score (nSPS) is 18.3. The Labute approximate surface area is 188 Å². The van der Waals surface area contributed by atoms with Gasteiger partial charge in [-0.1, -0.05) is 24.3 Å². The first kappa shape index (κ1) is 22.1. The zero-order valence-electron chi connectivity index (χ0n) is 17.4. The molecule has 2 unspecified atom stereocenters. The number of amides is 1. The van der Waals surface area contributed by atoms with Crippen LogP contribution in [-0.4, -0.2) is 31.8 Å². The third-order valence-electron chi connectivity index (χ3n) is 5.16. The Morgan fingerprint density at radius 3 is 2.44 bits per heavy atom. The number of halogens is 2. The summed E-state index contributed by atoms with van der Waals surface area (Å²) in [6.45, 7) is 3.53. The van der Waals surface area contributed by atoms with E-state index in [0.717, 1.165) is 28.2 Å². The van der Waals surface area contributed by atoms with Crippen molar-refractivity contribution >= 4 is 28.4 Å². The van der Waals surface area contributed by atoms with Crippen LogP contribution < -0.4 is 5.32 Å². The maximum absolute atomic E-state index is 13.8. The van der Waals surface area contributed by atoms with Crippen LogP contribution in [0.1, 0.15) is 41.3 Å². The number of rotatable bonds is 5. The Hall–Kier alpha value is -3.10. The Kier molecular flexibility index (Phi) is 6.08. The molecule has 2 N–H and O–H groups in total. The van der Waals surface area contributed by atoms with Crippen molar-refractivity contribution in [1.29, 1.82) is 0 Å². The molecular formula is C24H21F2N3O2S. The van der Waals surface area contributed by atoms with Gasteiger partial charge in [-0.15, -0.1) is 11.8 Å². The zero-order valence-corrected chi connectivity index (χ0v) is 18.2. The van der Waals surface area contributed by atoms with Crippen molar-refractivity contribution in [3.05, 3.63) is 95.5 Å². The molecule has 0 saturated heterocycles. The molecule has 1 aliphatic rings. The predicted octanol–water partition coefficient (Wildman–Crippen LogP) is 5.02. The highest BCUT2D eigenvalue weighted by atomic mass is 32.2. The summed E-state index contributed by atoms with van der Waals surface area (Å²) in [7, 11) is 0. The molecule has 3 heterocycles. The molecule has 0 fully saturated rings. The van der Waals surface area contributed by atoms with Gasteiger partial charge in [0.15, 0.2) is 0 Å². The van der Waals surface area contributed by atoms with Gasteiger partial charge in [0.25, 0.3) is 5.91 Å². The summed E-state index contributed by atoms with van der Waals surface area (Å²) in [5, 5.41) is 13.0. The van der Waals surface area contributed by atoms with Gasteiger partial charge in [0.1, 0.15) is 23.0 Å². The van der Waals surface area contributed by atoms with Crippen LogP contribution in [0.5, 0.6) is 0 Å². The number of pyridine rings is 2. The second-order valence-electron chi connectivity index (χ2n) is 8.02. The molecule has 0 bridgehead atoms. The maximum atomic E-state index is 13.8. The lowest BCUT2D eigenvalue weighted by molar-refractivity contribution is 0.0747. The molecule has 4 rings (SSSR count). The lowest BCUT2D eigenvalue weighted by atomic mass is 9.87. The van der Waals surface area contributed by atoms with Gasteiger partial charge in [-0.05, 0) is 43.7 Å². The molecule has 0 radical (unpaired) electrons. The van der Waals surface area contributed by atoms with Crippen LogP contribution in [0.4, 0.5) is 14.6 Å². The minimum atomic E-state index is -0.967. The number of hydrogen-bond acceptors (Lipinski definition) is 5. The lowest BCUT2D eigenvalue weighted by Gasteiger charge is -2.30. The molecule has 8 heteroatoms. The predicted molar refractivity (Wildman–Crippen MR) is 121 cm³/mol. The quantitative estimate of drug-likeness (QED) is 0.568. The number of carbonyl (C=O) groups excluding carboxylic acids is 1. The van der Waals surface area contributed by atoms with Gasteiger partial charge < -0.3 is 10.4 Å². The number of anilines is 1. The van der Waals surface area contributed by atoms with Crippen LogP contribution in [0, 0.1) is 11.6 Å². The third kappa shape index (κ3) is 4.56. The number of allylic oxidation sites excluding steroid dienone is 1. The third-order valence-corrected chi connectivity index (χ3v) is 6.91. The molecule has 0 aliphatic carbocycles. The smallest absolute Gasteiger partial charge is 0.262 e. The Morgan fingerprint density at radius 2 is 1.84 bits per heavy atom. The molecule has 32 heavy (non-hydrogen) atoms. The van der Waals surface area contributed by atoms with Gasteiger partial charge in [-0.3, -0.25) is 9.78 Å². The number of nitrogens with zero attached hydrogens (tertiary/aromatic N) is 2.